The van der Waals surface area contributed by atoms with Crippen molar-refractivity contribution < 1.29 is 27.8 Å². The third-order valence-electron chi connectivity index (χ3n) is 8.27. The molecule has 0 saturated heterocycles. The Bertz CT molecular complexity index is 1460. The number of ketones is 1. The molecule has 2 unspecified atom stereocenters. The van der Waals surface area contributed by atoms with Crippen LogP contribution in [-0.4, -0.2) is 42.9 Å². The molecule has 2 atom stereocenters. The summed E-state index contributed by atoms with van der Waals surface area (Å²) in [5, 5.41) is 9.04. The van der Waals surface area contributed by atoms with Gasteiger partial charge in [0.05, 0.1) is 21.3 Å². The molecule has 1 aromatic heterocycles. The maximum atomic E-state index is 13.4. The van der Waals surface area contributed by atoms with E-state index in [1.165, 1.54) is 0 Å². The van der Waals surface area contributed by atoms with Crippen LogP contribution in [-0.2, 0) is 26.5 Å². The third-order valence-corrected chi connectivity index (χ3v) is 10.5. The Kier molecular flexibility index (Phi) is 6.48. The number of rotatable bonds is 8. The zero-order valence-corrected chi connectivity index (χ0v) is 22.0. The van der Waals surface area contributed by atoms with E-state index >= 15 is 0 Å². The number of carbonyl (C=O) groups is 1. The van der Waals surface area contributed by atoms with Crippen molar-refractivity contribution in [3.63, 3.8) is 0 Å². The number of aromatic nitrogens is 1. The number of Topliss-reactive ketones (excluding diaryl/α,β-unsaturated/α-hetero) is 1. The van der Waals surface area contributed by atoms with Crippen molar-refractivity contribution >= 4 is 15.6 Å². The Morgan fingerprint density at radius 3 is 2.55 bits per heavy atom. The van der Waals surface area contributed by atoms with Gasteiger partial charge in [-0.2, -0.15) is 0 Å². The Balaban J connectivity index is 1.17. The highest BCUT2D eigenvalue weighted by Gasteiger charge is 2.51. The van der Waals surface area contributed by atoms with Crippen molar-refractivity contribution in [1.29, 1.82) is 0 Å². The Hall–Kier alpha value is -3.23. The van der Waals surface area contributed by atoms with Gasteiger partial charge < -0.3 is 14.6 Å². The molecule has 38 heavy (non-hydrogen) atoms. The molecule has 7 nitrogen and oxygen atoms in total. The van der Waals surface area contributed by atoms with Crippen molar-refractivity contribution in [2.24, 2.45) is 5.92 Å². The third kappa shape index (κ3) is 4.60. The van der Waals surface area contributed by atoms with Crippen molar-refractivity contribution in [2.75, 3.05) is 13.4 Å². The van der Waals surface area contributed by atoms with Crippen LogP contribution in [0.1, 0.15) is 49.8 Å². The van der Waals surface area contributed by atoms with Gasteiger partial charge in [-0.1, -0.05) is 30.7 Å². The number of sulfone groups is 1. The second kappa shape index (κ2) is 9.82. The van der Waals surface area contributed by atoms with Crippen LogP contribution in [0.15, 0.2) is 65.6 Å². The Morgan fingerprint density at radius 2 is 1.79 bits per heavy atom. The minimum absolute atomic E-state index is 0.0350. The molecule has 0 spiro atoms. The first-order chi connectivity index (χ1) is 18.4. The summed E-state index contributed by atoms with van der Waals surface area (Å²) in [5.41, 5.74) is 2.65. The molecule has 2 aromatic carbocycles. The van der Waals surface area contributed by atoms with Gasteiger partial charge in [0.15, 0.2) is 21.3 Å². The molecular weight excluding hydrogens is 502 g/mol. The highest BCUT2D eigenvalue weighted by Crippen LogP contribution is 2.51. The molecule has 2 fully saturated rings. The summed E-state index contributed by atoms with van der Waals surface area (Å²) in [6.07, 6.45) is 4.67. The van der Waals surface area contributed by atoms with Crippen molar-refractivity contribution in [3.05, 3.63) is 71.9 Å². The predicted octanol–water partition coefficient (Wildman–Crippen LogP) is 4.65. The quantitative estimate of drug-likeness (QED) is 0.450. The van der Waals surface area contributed by atoms with Crippen LogP contribution < -0.4 is 9.47 Å². The molecule has 0 amide bonds. The second-order valence-corrected chi connectivity index (χ2v) is 12.9. The zero-order valence-electron chi connectivity index (χ0n) is 21.1. The first kappa shape index (κ1) is 25.1. The summed E-state index contributed by atoms with van der Waals surface area (Å²) in [5.74, 6) is 1.58. The highest BCUT2D eigenvalue weighted by molar-refractivity contribution is 7.92. The van der Waals surface area contributed by atoms with Gasteiger partial charge in [0.1, 0.15) is 5.78 Å². The first-order valence-corrected chi connectivity index (χ1v) is 14.8. The van der Waals surface area contributed by atoms with E-state index in [1.54, 1.807) is 24.3 Å². The number of aliphatic hydroxyl groups is 1. The molecular formula is C30H31NO6S. The molecule has 0 bridgehead atoms. The van der Waals surface area contributed by atoms with Crippen LogP contribution in [0.2, 0.25) is 0 Å². The lowest BCUT2D eigenvalue weighted by molar-refractivity contribution is -0.120. The number of hydrogen-bond acceptors (Lipinski definition) is 7. The number of fused-ring (bicyclic) bond motifs is 1. The number of pyridine rings is 1. The van der Waals surface area contributed by atoms with E-state index in [0.29, 0.717) is 40.6 Å². The minimum atomic E-state index is -3.46. The lowest BCUT2D eigenvalue weighted by atomic mass is 9.88. The normalized spacial score (nSPS) is 21.7. The SMILES string of the molecule is O=C(Cc1cccc(-c2ccc(S(=O)(=O)C3CCCC(CO)C3)cc2)n1)C1(c2ccc3c(c2)OCO3)CC1. The molecule has 1 aliphatic heterocycles. The van der Waals surface area contributed by atoms with E-state index in [9.17, 15) is 18.3 Å². The van der Waals surface area contributed by atoms with E-state index in [0.717, 1.165) is 36.8 Å². The molecule has 3 aromatic rings. The molecule has 0 radical (unpaired) electrons. The van der Waals surface area contributed by atoms with E-state index in [2.05, 4.69) is 0 Å². The number of benzene rings is 2. The zero-order chi connectivity index (χ0) is 26.3. The summed E-state index contributed by atoms with van der Waals surface area (Å²) < 4.78 is 37.3. The number of carbonyl (C=O) groups excluding carboxylic acids is 1. The summed E-state index contributed by atoms with van der Waals surface area (Å²) >= 11 is 0. The lowest BCUT2D eigenvalue weighted by Crippen LogP contribution is -2.29. The van der Waals surface area contributed by atoms with Gasteiger partial charge in [-0.15, -0.1) is 0 Å². The van der Waals surface area contributed by atoms with Gasteiger partial charge in [-0.3, -0.25) is 9.78 Å². The molecule has 8 heteroatoms. The fourth-order valence-corrected chi connectivity index (χ4v) is 7.72. The Morgan fingerprint density at radius 1 is 1.00 bits per heavy atom. The fraction of sp³-hybridized carbons (Fsp3) is 0.400. The second-order valence-electron chi connectivity index (χ2n) is 10.7. The van der Waals surface area contributed by atoms with Gasteiger partial charge in [0.25, 0.3) is 0 Å². The van der Waals surface area contributed by atoms with Crippen molar-refractivity contribution in [1.82, 2.24) is 4.98 Å². The highest BCUT2D eigenvalue weighted by atomic mass is 32.2. The Labute approximate surface area is 222 Å². The molecule has 2 saturated carbocycles. The summed E-state index contributed by atoms with van der Waals surface area (Å²) in [6.45, 7) is 0.237. The van der Waals surface area contributed by atoms with Gasteiger partial charge in [-0.05, 0) is 80.0 Å². The topological polar surface area (TPSA) is 103 Å². The van der Waals surface area contributed by atoms with E-state index < -0.39 is 20.5 Å². The number of hydrogen-bond donors (Lipinski definition) is 1. The minimum Gasteiger partial charge on any atom is -0.454 e. The van der Waals surface area contributed by atoms with Crippen molar-refractivity contribution in [2.45, 2.75) is 60.5 Å². The molecule has 3 aliphatic rings. The van der Waals surface area contributed by atoms with E-state index in [1.807, 2.05) is 36.4 Å². The number of nitrogens with zero attached hydrogens (tertiary/aromatic N) is 1. The maximum absolute atomic E-state index is 13.4. The standard InChI is InChI=1S/C30H31NO6S/c32-18-20-3-1-5-25(15-20)38(34,35)24-10-7-21(8-11-24)26-6-2-4-23(31-26)17-29(33)30(13-14-30)22-9-12-27-28(16-22)37-19-36-27/h2,4,6-12,16,20,25,32H,1,3,5,13-15,17-19H2. The van der Waals surface area contributed by atoms with Gasteiger partial charge in [-0.25, -0.2) is 8.42 Å². The van der Waals surface area contributed by atoms with Crippen LogP contribution in [0.5, 0.6) is 11.5 Å². The summed E-state index contributed by atoms with van der Waals surface area (Å²) in [4.78, 5) is 18.4. The monoisotopic (exact) mass is 533 g/mol. The summed E-state index contributed by atoms with van der Waals surface area (Å²) in [6, 6.07) is 18.2. The van der Waals surface area contributed by atoms with Crippen LogP contribution in [0.25, 0.3) is 11.3 Å². The number of ether oxygens (including phenoxy) is 2. The van der Waals surface area contributed by atoms with Crippen LogP contribution in [0.4, 0.5) is 0 Å². The molecule has 2 heterocycles. The first-order valence-electron chi connectivity index (χ1n) is 13.2. The van der Waals surface area contributed by atoms with E-state index in [-0.39, 0.29) is 31.5 Å². The molecule has 1 N–H and O–H groups in total. The van der Waals surface area contributed by atoms with Crippen LogP contribution in [0.3, 0.4) is 0 Å². The largest absolute Gasteiger partial charge is 0.454 e. The maximum Gasteiger partial charge on any atom is 0.231 e. The van der Waals surface area contributed by atoms with Crippen LogP contribution >= 0.6 is 0 Å². The van der Waals surface area contributed by atoms with Crippen molar-refractivity contribution in [3.8, 4) is 22.8 Å². The molecule has 6 rings (SSSR count). The average Bonchev–Trinajstić information content (AvgIpc) is 3.64. The fourth-order valence-electron chi connectivity index (χ4n) is 5.82. The lowest BCUT2D eigenvalue weighted by Gasteiger charge is -2.27. The van der Waals surface area contributed by atoms with E-state index in [4.69, 9.17) is 14.5 Å². The van der Waals surface area contributed by atoms with Crippen LogP contribution in [0, 0.1) is 5.92 Å². The predicted molar refractivity (Wildman–Crippen MR) is 142 cm³/mol. The van der Waals surface area contributed by atoms with Gasteiger partial charge in [0.2, 0.25) is 6.79 Å². The van der Waals surface area contributed by atoms with Gasteiger partial charge >= 0.3 is 0 Å². The summed E-state index contributed by atoms with van der Waals surface area (Å²) in [7, 11) is -3.46. The van der Waals surface area contributed by atoms with Gasteiger partial charge in [0, 0.05) is 24.3 Å². The molecule has 2 aliphatic carbocycles. The smallest absolute Gasteiger partial charge is 0.231 e. The molecule has 198 valence electrons. The number of aliphatic hydroxyl groups excluding tert-OH is 1. The average molecular weight is 534 g/mol.